The van der Waals surface area contributed by atoms with Gasteiger partial charge in [-0.2, -0.15) is 0 Å². The van der Waals surface area contributed by atoms with Crippen molar-refractivity contribution < 1.29 is 9.47 Å². The van der Waals surface area contributed by atoms with Crippen molar-refractivity contribution in [3.05, 3.63) is 100 Å². The second-order valence-electron chi connectivity index (χ2n) is 9.35. The molecule has 0 spiro atoms. The van der Waals surface area contributed by atoms with Crippen molar-refractivity contribution in [3.63, 3.8) is 0 Å². The Kier molecular flexibility index (Phi) is 9.89. The summed E-state index contributed by atoms with van der Waals surface area (Å²) in [5.41, 5.74) is 11.5. The van der Waals surface area contributed by atoms with E-state index in [1.165, 1.54) is 0 Å². The molecule has 42 heavy (non-hydrogen) atoms. The summed E-state index contributed by atoms with van der Waals surface area (Å²) in [6.45, 7) is 2.69. The third kappa shape index (κ3) is 7.57. The number of para-hydroxylation sites is 2. The molecule has 1 heterocycles. The monoisotopic (exact) mass is 603 g/mol. The van der Waals surface area contributed by atoms with Gasteiger partial charge in [-0.05, 0) is 72.8 Å². The van der Waals surface area contributed by atoms with Gasteiger partial charge in [0.2, 0.25) is 0 Å². The minimum absolute atomic E-state index is 0.0715. The molecule has 0 aromatic heterocycles. The first-order valence-electron chi connectivity index (χ1n) is 13.5. The highest BCUT2D eigenvalue weighted by molar-refractivity contribution is 6.30. The van der Waals surface area contributed by atoms with Crippen LogP contribution in [0.2, 0.25) is 10.0 Å². The van der Waals surface area contributed by atoms with Gasteiger partial charge in [0, 0.05) is 28.0 Å². The fraction of sp³-hybridized carbons (Fsp3) is 0.194. The van der Waals surface area contributed by atoms with Gasteiger partial charge in [-0.1, -0.05) is 35.3 Å². The van der Waals surface area contributed by atoms with Crippen LogP contribution in [0.15, 0.2) is 89.9 Å². The molecule has 0 atom stereocenters. The number of nitrogens with two attached hydrogens (primary N) is 1. The number of benzene rings is 4. The van der Waals surface area contributed by atoms with Crippen LogP contribution in [-0.4, -0.2) is 55.0 Å². The summed E-state index contributed by atoms with van der Waals surface area (Å²) in [6.07, 6.45) is 0. The Morgan fingerprint density at radius 2 is 1.57 bits per heavy atom. The molecular weight excluding hydrogens is 573 g/mol. The number of halogens is 2. The van der Waals surface area contributed by atoms with Crippen LogP contribution in [0.25, 0.3) is 28.1 Å². The molecule has 0 amide bonds. The molecule has 9 nitrogen and oxygen atoms in total. The number of aromatic nitrogens is 2. The summed E-state index contributed by atoms with van der Waals surface area (Å²) >= 11 is 12.3. The highest BCUT2D eigenvalue weighted by Crippen LogP contribution is 2.31. The van der Waals surface area contributed by atoms with Crippen molar-refractivity contribution in [2.75, 3.05) is 44.8 Å². The van der Waals surface area contributed by atoms with Gasteiger partial charge in [-0.25, -0.2) is 4.98 Å². The lowest BCUT2D eigenvalue weighted by molar-refractivity contribution is 0.0528. The zero-order valence-electron chi connectivity index (χ0n) is 22.8. The molecule has 1 aliphatic heterocycles. The molecular formula is C31H31Cl2N7O2. The molecule has 0 bridgehead atoms. The van der Waals surface area contributed by atoms with E-state index in [0.29, 0.717) is 49.6 Å². The van der Waals surface area contributed by atoms with Crippen LogP contribution >= 0.6 is 23.2 Å². The SMILES string of the molecule is N=C(N)NCCOCCOCC/N=c1\cc2n(-c3ccc(Cl)cc3)c3ccccc3nc-2cc1Nc1ccc(Cl)cc1. The number of hydrogen-bond donors (Lipinski definition) is 4. The quantitative estimate of drug-likeness (QED) is 0.0637. The lowest BCUT2D eigenvalue weighted by Crippen LogP contribution is -2.33. The van der Waals surface area contributed by atoms with Crippen LogP contribution in [0.4, 0.5) is 11.4 Å². The first-order valence-corrected chi connectivity index (χ1v) is 14.2. The zero-order valence-corrected chi connectivity index (χ0v) is 24.3. The van der Waals surface area contributed by atoms with E-state index in [1.54, 1.807) is 0 Å². The van der Waals surface area contributed by atoms with Gasteiger partial charge in [0.25, 0.3) is 0 Å². The van der Waals surface area contributed by atoms with Gasteiger partial charge in [0.05, 0.1) is 66.4 Å². The van der Waals surface area contributed by atoms with E-state index < -0.39 is 0 Å². The molecule has 0 fully saturated rings. The topological polar surface area (TPSA) is 123 Å². The minimum atomic E-state index is -0.0715. The maximum Gasteiger partial charge on any atom is 0.185 e. The number of anilines is 2. The number of nitrogens with one attached hydrogen (secondary N) is 3. The fourth-order valence-electron chi connectivity index (χ4n) is 4.44. The van der Waals surface area contributed by atoms with E-state index in [4.69, 9.17) is 53.8 Å². The number of rotatable bonds is 12. The smallest absolute Gasteiger partial charge is 0.185 e. The van der Waals surface area contributed by atoms with Gasteiger partial charge < -0.3 is 30.4 Å². The summed E-state index contributed by atoms with van der Waals surface area (Å²) in [6, 6.07) is 27.4. The van der Waals surface area contributed by atoms with Gasteiger partial charge in [0.15, 0.2) is 5.96 Å². The van der Waals surface area contributed by atoms with Crippen LogP contribution in [0.3, 0.4) is 0 Å². The van der Waals surface area contributed by atoms with Crippen LogP contribution in [-0.2, 0) is 9.47 Å². The number of ether oxygens (including phenoxy) is 2. The molecule has 11 heteroatoms. The molecule has 0 radical (unpaired) electrons. The summed E-state index contributed by atoms with van der Waals surface area (Å²) < 4.78 is 13.4. The van der Waals surface area contributed by atoms with Crippen molar-refractivity contribution in [1.82, 2.24) is 14.9 Å². The third-order valence-electron chi connectivity index (χ3n) is 6.36. The van der Waals surface area contributed by atoms with E-state index in [0.717, 1.165) is 44.8 Å². The molecule has 5 N–H and O–H groups in total. The van der Waals surface area contributed by atoms with Crippen molar-refractivity contribution in [2.24, 2.45) is 10.7 Å². The Bertz CT molecular complexity index is 1690. The van der Waals surface area contributed by atoms with Crippen molar-refractivity contribution >= 4 is 51.6 Å². The highest BCUT2D eigenvalue weighted by atomic mass is 35.5. The largest absolute Gasteiger partial charge is 0.377 e. The molecule has 216 valence electrons. The Morgan fingerprint density at radius 1 is 0.881 bits per heavy atom. The number of guanidine groups is 1. The maximum atomic E-state index is 7.14. The fourth-order valence-corrected chi connectivity index (χ4v) is 4.69. The Hall–Kier alpha value is -4.15. The van der Waals surface area contributed by atoms with Crippen molar-refractivity contribution in [2.45, 2.75) is 0 Å². The van der Waals surface area contributed by atoms with Crippen LogP contribution in [0.5, 0.6) is 0 Å². The molecule has 3 aromatic carbocycles. The van der Waals surface area contributed by atoms with E-state index in [2.05, 4.69) is 21.3 Å². The summed E-state index contributed by atoms with van der Waals surface area (Å²) in [4.78, 5) is 9.89. The minimum Gasteiger partial charge on any atom is -0.377 e. The van der Waals surface area contributed by atoms with Crippen LogP contribution < -0.4 is 21.7 Å². The molecule has 5 rings (SSSR count). The second-order valence-corrected chi connectivity index (χ2v) is 10.2. The average Bonchev–Trinajstić information content (AvgIpc) is 2.98. The summed E-state index contributed by atoms with van der Waals surface area (Å²) in [7, 11) is 0. The van der Waals surface area contributed by atoms with Gasteiger partial charge >= 0.3 is 0 Å². The number of fused-ring (bicyclic) bond motifs is 2. The predicted molar refractivity (Wildman–Crippen MR) is 169 cm³/mol. The predicted octanol–water partition coefficient (Wildman–Crippen LogP) is 5.60. The standard InChI is InChI=1S/C31H31Cl2N7O2/c32-21-5-9-23(10-6-21)38-27-19-28-30(20-26(27)36-13-15-41-17-18-42-16-14-37-31(34)35)40(24-11-7-22(33)8-12-24)29-4-2-1-3-25(29)39-28/h1-12,19-20,38H,13-18H2,(H4,34,35,37)/b36-26+. The average molecular weight is 605 g/mol. The van der Waals surface area contributed by atoms with E-state index in [9.17, 15) is 0 Å². The molecule has 0 saturated heterocycles. The van der Waals surface area contributed by atoms with E-state index in [-0.39, 0.29) is 5.96 Å². The van der Waals surface area contributed by atoms with Gasteiger partial charge in [0.1, 0.15) is 0 Å². The lowest BCUT2D eigenvalue weighted by atomic mass is 10.1. The normalized spacial score (nSPS) is 11.7. The van der Waals surface area contributed by atoms with Crippen molar-refractivity contribution in [1.29, 1.82) is 5.41 Å². The first kappa shape index (κ1) is 29.3. The van der Waals surface area contributed by atoms with E-state index in [1.807, 2.05) is 78.9 Å². The zero-order chi connectivity index (χ0) is 29.3. The molecule has 0 saturated carbocycles. The number of nitrogens with zero attached hydrogens (tertiary/aromatic N) is 3. The van der Waals surface area contributed by atoms with Gasteiger partial charge in [-0.3, -0.25) is 10.4 Å². The van der Waals surface area contributed by atoms with Crippen LogP contribution in [0, 0.1) is 5.41 Å². The highest BCUT2D eigenvalue weighted by Gasteiger charge is 2.16. The molecule has 1 aliphatic carbocycles. The Labute approximate surface area is 253 Å². The first-order chi connectivity index (χ1) is 20.5. The number of hydrogen-bond acceptors (Lipinski definition) is 6. The molecule has 3 aromatic rings. The second kappa shape index (κ2) is 14.2. The van der Waals surface area contributed by atoms with Crippen LogP contribution in [0.1, 0.15) is 0 Å². The maximum absolute atomic E-state index is 7.14. The van der Waals surface area contributed by atoms with E-state index >= 15 is 0 Å². The Balaban J connectivity index is 1.46. The molecule has 2 aliphatic rings. The summed E-state index contributed by atoms with van der Waals surface area (Å²) in [5, 5.41) is 15.4. The third-order valence-corrected chi connectivity index (χ3v) is 6.86. The van der Waals surface area contributed by atoms with Gasteiger partial charge in [-0.15, -0.1) is 0 Å². The van der Waals surface area contributed by atoms with Crippen molar-refractivity contribution in [3.8, 4) is 17.1 Å². The molecule has 0 unspecified atom stereocenters. The summed E-state index contributed by atoms with van der Waals surface area (Å²) in [5.74, 6) is -0.0715. The Morgan fingerprint density at radius 3 is 2.31 bits per heavy atom. The lowest BCUT2D eigenvalue weighted by Gasteiger charge is -2.20.